The average Bonchev–Trinajstić information content (AvgIpc) is 3.61. The molecule has 5 heteroatoms. The summed E-state index contributed by atoms with van der Waals surface area (Å²) in [6.45, 7) is 0. The monoisotopic (exact) mass is 409 g/mol. The van der Waals surface area contributed by atoms with E-state index in [-0.39, 0.29) is 23.9 Å². The zero-order valence-corrected chi connectivity index (χ0v) is 17.7. The Kier molecular flexibility index (Phi) is 5.62. The van der Waals surface area contributed by atoms with E-state index >= 15 is 0 Å². The quantitative estimate of drug-likeness (QED) is 0.632. The van der Waals surface area contributed by atoms with Crippen LogP contribution < -0.4 is 10.2 Å². The molecule has 0 bridgehead atoms. The molecule has 1 N–H and O–H groups in total. The number of pyridine rings is 1. The zero-order valence-electron chi connectivity index (χ0n) is 17.7. The Labute approximate surface area is 178 Å². The van der Waals surface area contributed by atoms with Crippen molar-refractivity contribution in [3.63, 3.8) is 0 Å². The lowest BCUT2D eigenvalue weighted by Crippen LogP contribution is -2.51. The number of nitrogens with one attached hydrogen (secondary N) is 1. The van der Waals surface area contributed by atoms with E-state index in [0.717, 1.165) is 67.8 Å². The van der Waals surface area contributed by atoms with Crippen molar-refractivity contribution in [3.05, 3.63) is 35.8 Å². The molecule has 0 atom stereocenters. The van der Waals surface area contributed by atoms with Gasteiger partial charge in [0.25, 0.3) is 0 Å². The Morgan fingerprint density at radius 2 is 1.63 bits per heavy atom. The number of urea groups is 1. The third-order valence-corrected chi connectivity index (χ3v) is 7.11. The van der Waals surface area contributed by atoms with Crippen LogP contribution in [-0.4, -0.2) is 23.1 Å². The van der Waals surface area contributed by atoms with Gasteiger partial charge in [0.15, 0.2) is 0 Å². The number of aromatic nitrogens is 1. The average molecular weight is 410 g/mol. The zero-order chi connectivity index (χ0) is 20.5. The lowest BCUT2D eigenvalue weighted by atomic mass is 9.93. The third-order valence-electron chi connectivity index (χ3n) is 7.11. The van der Waals surface area contributed by atoms with Crippen LogP contribution in [0.5, 0.6) is 0 Å². The maximum Gasteiger partial charge on any atom is 0.323 e. The number of hydrogen-bond donors (Lipinski definition) is 1. The molecule has 2 amide bonds. The maximum atomic E-state index is 14.2. The standard InChI is InChI=1S/C25H32FN3O/c26-19-14-13-18-15-23(17-11-12-17)28-24(22(18)16-19)29(21-9-5-2-6-10-21)25(30)27-20-7-3-1-4-8-20/h13-17,20-21H,1-12H2,(H,27,30). The first kappa shape index (κ1) is 19.8. The molecule has 0 aliphatic heterocycles. The van der Waals surface area contributed by atoms with Gasteiger partial charge in [-0.15, -0.1) is 0 Å². The number of fused-ring (bicyclic) bond motifs is 1. The summed E-state index contributed by atoms with van der Waals surface area (Å²) in [4.78, 5) is 20.5. The Morgan fingerprint density at radius 1 is 0.933 bits per heavy atom. The van der Waals surface area contributed by atoms with Crippen LogP contribution in [0.1, 0.15) is 88.7 Å². The molecule has 5 rings (SSSR count). The van der Waals surface area contributed by atoms with Crippen LogP contribution in [0.25, 0.3) is 10.8 Å². The predicted molar refractivity (Wildman–Crippen MR) is 118 cm³/mol. The van der Waals surface area contributed by atoms with Crippen molar-refractivity contribution in [1.82, 2.24) is 10.3 Å². The Balaban J connectivity index is 1.56. The van der Waals surface area contributed by atoms with Crippen molar-refractivity contribution in [2.45, 2.75) is 95.1 Å². The highest BCUT2D eigenvalue weighted by Crippen LogP contribution is 2.42. The first-order chi connectivity index (χ1) is 14.7. The molecular formula is C25H32FN3O. The third kappa shape index (κ3) is 4.17. The van der Waals surface area contributed by atoms with Gasteiger partial charge in [0.2, 0.25) is 0 Å². The lowest BCUT2D eigenvalue weighted by Gasteiger charge is -2.36. The van der Waals surface area contributed by atoms with E-state index < -0.39 is 0 Å². The van der Waals surface area contributed by atoms with Crippen LogP contribution in [0.4, 0.5) is 15.0 Å². The highest BCUT2D eigenvalue weighted by molar-refractivity contribution is 6.02. The van der Waals surface area contributed by atoms with Crippen LogP contribution in [0.2, 0.25) is 0 Å². The van der Waals surface area contributed by atoms with Crippen LogP contribution in [0.15, 0.2) is 24.3 Å². The molecule has 3 aliphatic rings. The largest absolute Gasteiger partial charge is 0.335 e. The van der Waals surface area contributed by atoms with E-state index in [1.165, 1.54) is 31.7 Å². The summed E-state index contributed by atoms with van der Waals surface area (Å²) in [5.41, 5.74) is 1.05. The van der Waals surface area contributed by atoms with Crippen molar-refractivity contribution in [2.75, 3.05) is 4.90 Å². The number of carbonyl (C=O) groups is 1. The molecule has 3 fully saturated rings. The summed E-state index contributed by atoms with van der Waals surface area (Å²) >= 11 is 0. The molecule has 1 aromatic heterocycles. The molecule has 160 valence electrons. The van der Waals surface area contributed by atoms with Crippen molar-refractivity contribution in [3.8, 4) is 0 Å². The number of anilines is 1. The van der Waals surface area contributed by atoms with Gasteiger partial charge in [0.05, 0.1) is 0 Å². The Morgan fingerprint density at radius 3 is 2.33 bits per heavy atom. The highest BCUT2D eigenvalue weighted by atomic mass is 19.1. The summed E-state index contributed by atoms with van der Waals surface area (Å²) in [5.74, 6) is 0.864. The molecule has 1 aromatic carbocycles. The summed E-state index contributed by atoms with van der Waals surface area (Å²) < 4.78 is 14.2. The fourth-order valence-corrected chi connectivity index (χ4v) is 5.26. The fraction of sp³-hybridized carbons (Fsp3) is 0.600. The summed E-state index contributed by atoms with van der Waals surface area (Å²) in [6, 6.07) is 7.32. The van der Waals surface area contributed by atoms with Gasteiger partial charge in [-0.1, -0.05) is 44.6 Å². The summed E-state index contributed by atoms with van der Waals surface area (Å²) in [5, 5.41) is 5.05. The fourth-order valence-electron chi connectivity index (χ4n) is 5.26. The Bertz CT molecular complexity index is 914. The van der Waals surface area contributed by atoms with Gasteiger partial charge in [-0.2, -0.15) is 0 Å². The number of hydrogen-bond acceptors (Lipinski definition) is 2. The van der Waals surface area contributed by atoms with Crippen molar-refractivity contribution in [1.29, 1.82) is 0 Å². The number of amides is 2. The topological polar surface area (TPSA) is 45.2 Å². The second-order valence-electron chi connectivity index (χ2n) is 9.46. The van der Waals surface area contributed by atoms with Gasteiger partial charge >= 0.3 is 6.03 Å². The van der Waals surface area contributed by atoms with E-state index in [0.29, 0.717) is 11.7 Å². The number of rotatable bonds is 4. The molecule has 1 heterocycles. The Hall–Kier alpha value is -2.17. The van der Waals surface area contributed by atoms with Crippen LogP contribution >= 0.6 is 0 Å². The summed E-state index contributed by atoms with van der Waals surface area (Å²) in [6.07, 6.45) is 13.5. The highest BCUT2D eigenvalue weighted by Gasteiger charge is 2.33. The SMILES string of the molecule is O=C(NC1CCCCC1)N(c1nc(C2CC2)cc2ccc(F)cc12)C1CCCCC1. The molecular weight excluding hydrogens is 377 g/mol. The van der Waals surface area contributed by atoms with Gasteiger partial charge in [-0.25, -0.2) is 14.2 Å². The maximum absolute atomic E-state index is 14.2. The van der Waals surface area contributed by atoms with E-state index in [4.69, 9.17) is 4.98 Å². The smallest absolute Gasteiger partial charge is 0.323 e. The molecule has 4 nitrogen and oxygen atoms in total. The second-order valence-corrected chi connectivity index (χ2v) is 9.46. The van der Waals surface area contributed by atoms with Crippen molar-refractivity contribution in [2.24, 2.45) is 0 Å². The van der Waals surface area contributed by atoms with Crippen LogP contribution in [0.3, 0.4) is 0 Å². The van der Waals surface area contributed by atoms with E-state index in [1.54, 1.807) is 6.07 Å². The second kappa shape index (κ2) is 8.52. The van der Waals surface area contributed by atoms with Gasteiger partial charge in [0, 0.05) is 29.1 Å². The molecule has 0 radical (unpaired) electrons. The number of benzene rings is 1. The molecule has 0 saturated heterocycles. The first-order valence-corrected chi connectivity index (χ1v) is 11.9. The van der Waals surface area contributed by atoms with E-state index in [1.807, 2.05) is 11.0 Å². The lowest BCUT2D eigenvalue weighted by molar-refractivity contribution is 0.233. The molecule has 0 spiro atoms. The summed E-state index contributed by atoms with van der Waals surface area (Å²) in [7, 11) is 0. The van der Waals surface area contributed by atoms with Crippen LogP contribution in [-0.2, 0) is 0 Å². The molecule has 0 unspecified atom stereocenters. The predicted octanol–water partition coefficient (Wildman–Crippen LogP) is 6.43. The van der Waals surface area contributed by atoms with Gasteiger partial charge in [0.1, 0.15) is 11.6 Å². The van der Waals surface area contributed by atoms with Gasteiger partial charge in [-0.3, -0.25) is 4.90 Å². The minimum Gasteiger partial charge on any atom is -0.335 e. The van der Waals surface area contributed by atoms with Crippen molar-refractivity contribution >= 4 is 22.6 Å². The first-order valence-electron chi connectivity index (χ1n) is 11.9. The van der Waals surface area contributed by atoms with Crippen LogP contribution in [0, 0.1) is 5.82 Å². The number of halogens is 1. The van der Waals surface area contributed by atoms with Crippen molar-refractivity contribution < 1.29 is 9.18 Å². The molecule has 3 aliphatic carbocycles. The normalized spacial score (nSPS) is 21.0. The minimum absolute atomic E-state index is 0.0418. The minimum atomic E-state index is -0.277. The molecule has 2 aromatic rings. The van der Waals surface area contributed by atoms with E-state index in [9.17, 15) is 9.18 Å². The molecule has 3 saturated carbocycles. The number of carbonyl (C=O) groups excluding carboxylic acids is 1. The van der Waals surface area contributed by atoms with E-state index in [2.05, 4.69) is 11.4 Å². The van der Waals surface area contributed by atoms with Gasteiger partial charge < -0.3 is 5.32 Å². The molecule has 30 heavy (non-hydrogen) atoms. The number of nitrogens with zero attached hydrogens (tertiary/aromatic N) is 2. The van der Waals surface area contributed by atoms with Gasteiger partial charge in [-0.05, 0) is 62.1 Å².